The van der Waals surface area contributed by atoms with Crippen molar-refractivity contribution in [3.05, 3.63) is 21.9 Å². The van der Waals surface area contributed by atoms with E-state index in [4.69, 9.17) is 9.47 Å². The lowest BCUT2D eigenvalue weighted by atomic mass is 10.1. The Kier molecular flexibility index (Phi) is 3.44. The monoisotopic (exact) mass is 226 g/mol. The molecule has 3 heteroatoms. The molecule has 15 heavy (non-hydrogen) atoms. The molecule has 0 saturated carbocycles. The molecule has 1 aromatic rings. The highest BCUT2D eigenvalue weighted by Gasteiger charge is 2.38. The third-order valence-electron chi connectivity index (χ3n) is 2.72. The summed E-state index contributed by atoms with van der Waals surface area (Å²) in [6.07, 6.45) is 3.13. The Morgan fingerprint density at radius 3 is 2.53 bits per heavy atom. The average Bonchev–Trinajstić information content (AvgIpc) is 2.85. The normalized spacial score (nSPS) is 19.6. The van der Waals surface area contributed by atoms with Gasteiger partial charge >= 0.3 is 0 Å². The minimum Gasteiger partial charge on any atom is -0.343 e. The van der Waals surface area contributed by atoms with Crippen molar-refractivity contribution in [1.29, 1.82) is 0 Å². The van der Waals surface area contributed by atoms with Crippen molar-refractivity contribution in [3.8, 4) is 0 Å². The van der Waals surface area contributed by atoms with Gasteiger partial charge in [0.1, 0.15) is 0 Å². The van der Waals surface area contributed by atoms with Crippen molar-refractivity contribution in [1.82, 2.24) is 0 Å². The van der Waals surface area contributed by atoms with Crippen LogP contribution in [0.4, 0.5) is 0 Å². The summed E-state index contributed by atoms with van der Waals surface area (Å²) in [5.74, 6) is -0.424. The molecule has 0 amide bonds. The van der Waals surface area contributed by atoms with Gasteiger partial charge in [-0.2, -0.15) is 0 Å². The number of thiophene rings is 1. The standard InChI is InChI=1S/C12H18O2S/c1-3-7-12(13-8-9-14-12)11-6-5-10(4-2)15-11/h5-6H,3-4,7-9H2,1-2H3. The van der Waals surface area contributed by atoms with Crippen LogP contribution in [0.2, 0.25) is 0 Å². The van der Waals surface area contributed by atoms with Crippen LogP contribution in [0.15, 0.2) is 12.1 Å². The van der Waals surface area contributed by atoms with Crippen molar-refractivity contribution in [2.24, 2.45) is 0 Å². The van der Waals surface area contributed by atoms with Crippen LogP contribution in [0.25, 0.3) is 0 Å². The Morgan fingerprint density at radius 2 is 2.00 bits per heavy atom. The smallest absolute Gasteiger partial charge is 0.204 e. The summed E-state index contributed by atoms with van der Waals surface area (Å²) in [6.45, 7) is 5.79. The van der Waals surface area contributed by atoms with Gasteiger partial charge < -0.3 is 9.47 Å². The number of aryl methyl sites for hydroxylation is 1. The summed E-state index contributed by atoms with van der Waals surface area (Å²) in [4.78, 5) is 2.64. The molecule has 1 aliphatic heterocycles. The van der Waals surface area contributed by atoms with Crippen molar-refractivity contribution < 1.29 is 9.47 Å². The van der Waals surface area contributed by atoms with Crippen LogP contribution in [0.5, 0.6) is 0 Å². The maximum atomic E-state index is 5.81. The predicted octanol–water partition coefficient (Wildman–Crippen LogP) is 3.31. The number of hydrogen-bond donors (Lipinski definition) is 0. The minimum absolute atomic E-state index is 0.424. The van der Waals surface area contributed by atoms with E-state index in [9.17, 15) is 0 Å². The lowest BCUT2D eigenvalue weighted by molar-refractivity contribution is -0.168. The Morgan fingerprint density at radius 1 is 1.27 bits per heavy atom. The number of hydrogen-bond acceptors (Lipinski definition) is 3. The van der Waals surface area contributed by atoms with Crippen LogP contribution in [0.1, 0.15) is 36.4 Å². The first-order valence-corrected chi connectivity index (χ1v) is 6.49. The quantitative estimate of drug-likeness (QED) is 0.784. The molecule has 1 saturated heterocycles. The third-order valence-corrected chi connectivity index (χ3v) is 4.07. The molecule has 0 aliphatic carbocycles. The summed E-state index contributed by atoms with van der Waals surface area (Å²) >= 11 is 1.82. The maximum absolute atomic E-state index is 5.81. The molecule has 0 N–H and O–H groups in total. The second-order valence-corrected chi connectivity index (χ2v) is 4.99. The van der Waals surface area contributed by atoms with Crippen LogP contribution in [-0.2, 0) is 21.7 Å². The molecule has 0 aromatic carbocycles. The Hall–Kier alpha value is -0.380. The maximum Gasteiger partial charge on any atom is 0.204 e. The van der Waals surface area contributed by atoms with E-state index >= 15 is 0 Å². The fraction of sp³-hybridized carbons (Fsp3) is 0.667. The molecule has 0 bridgehead atoms. The average molecular weight is 226 g/mol. The van der Waals surface area contributed by atoms with E-state index in [-0.39, 0.29) is 0 Å². The highest BCUT2D eigenvalue weighted by molar-refractivity contribution is 7.12. The Bertz CT molecular complexity index is 313. The van der Waals surface area contributed by atoms with Crippen LogP contribution < -0.4 is 0 Å². The lowest BCUT2D eigenvalue weighted by Crippen LogP contribution is -2.25. The SMILES string of the molecule is CCCC1(c2ccc(CC)s2)OCCO1. The summed E-state index contributed by atoms with van der Waals surface area (Å²) in [5, 5.41) is 0. The van der Waals surface area contributed by atoms with Crippen LogP contribution >= 0.6 is 11.3 Å². The van der Waals surface area contributed by atoms with Crippen LogP contribution in [0.3, 0.4) is 0 Å². The molecule has 2 nitrogen and oxygen atoms in total. The molecule has 0 atom stereocenters. The first-order valence-electron chi connectivity index (χ1n) is 5.68. The summed E-state index contributed by atoms with van der Waals surface area (Å²) in [7, 11) is 0. The van der Waals surface area contributed by atoms with Gasteiger partial charge in [0.2, 0.25) is 5.79 Å². The van der Waals surface area contributed by atoms with E-state index in [1.807, 2.05) is 11.3 Å². The van der Waals surface area contributed by atoms with E-state index in [2.05, 4.69) is 26.0 Å². The van der Waals surface area contributed by atoms with Gasteiger partial charge in [-0.05, 0) is 18.6 Å². The third kappa shape index (κ3) is 2.10. The number of ether oxygens (including phenoxy) is 2. The topological polar surface area (TPSA) is 18.5 Å². The van der Waals surface area contributed by atoms with Gasteiger partial charge in [-0.25, -0.2) is 0 Å². The molecule has 84 valence electrons. The van der Waals surface area contributed by atoms with Crippen molar-refractivity contribution in [2.75, 3.05) is 13.2 Å². The fourth-order valence-corrected chi connectivity index (χ4v) is 3.04. The van der Waals surface area contributed by atoms with Crippen molar-refractivity contribution >= 4 is 11.3 Å². The molecule has 2 rings (SSSR count). The van der Waals surface area contributed by atoms with Gasteiger partial charge in [-0.15, -0.1) is 11.3 Å². The van der Waals surface area contributed by atoms with Gasteiger partial charge in [0.25, 0.3) is 0 Å². The summed E-state index contributed by atoms with van der Waals surface area (Å²) < 4.78 is 11.6. The van der Waals surface area contributed by atoms with Crippen LogP contribution in [0, 0.1) is 0 Å². The zero-order valence-electron chi connectivity index (χ0n) is 9.41. The van der Waals surface area contributed by atoms with E-state index in [1.54, 1.807) is 0 Å². The molecular weight excluding hydrogens is 208 g/mol. The lowest BCUT2D eigenvalue weighted by Gasteiger charge is -2.25. The first kappa shape index (κ1) is 11.1. The highest BCUT2D eigenvalue weighted by Crippen LogP contribution is 2.39. The van der Waals surface area contributed by atoms with Crippen molar-refractivity contribution in [2.45, 2.75) is 38.9 Å². The minimum atomic E-state index is -0.424. The molecule has 0 radical (unpaired) electrons. The largest absolute Gasteiger partial charge is 0.343 e. The predicted molar refractivity (Wildman–Crippen MR) is 62.2 cm³/mol. The molecule has 1 fully saturated rings. The zero-order chi connectivity index (χ0) is 10.7. The Balaban J connectivity index is 2.23. The molecule has 1 aliphatic rings. The van der Waals surface area contributed by atoms with Crippen LogP contribution in [-0.4, -0.2) is 13.2 Å². The molecule has 1 aromatic heterocycles. The van der Waals surface area contributed by atoms with E-state index in [0.717, 1.165) is 32.5 Å². The van der Waals surface area contributed by atoms with Gasteiger partial charge in [-0.3, -0.25) is 0 Å². The van der Waals surface area contributed by atoms with Gasteiger partial charge in [-0.1, -0.05) is 20.3 Å². The highest BCUT2D eigenvalue weighted by atomic mass is 32.1. The second kappa shape index (κ2) is 4.64. The summed E-state index contributed by atoms with van der Waals surface area (Å²) in [6, 6.07) is 4.34. The zero-order valence-corrected chi connectivity index (χ0v) is 10.2. The van der Waals surface area contributed by atoms with E-state index in [0.29, 0.717) is 0 Å². The molecule has 0 spiro atoms. The van der Waals surface area contributed by atoms with E-state index in [1.165, 1.54) is 9.75 Å². The fourth-order valence-electron chi connectivity index (χ4n) is 1.97. The molecular formula is C12H18O2S. The van der Waals surface area contributed by atoms with Crippen molar-refractivity contribution in [3.63, 3.8) is 0 Å². The number of rotatable bonds is 4. The summed E-state index contributed by atoms with van der Waals surface area (Å²) in [5.41, 5.74) is 0. The van der Waals surface area contributed by atoms with E-state index < -0.39 is 5.79 Å². The van der Waals surface area contributed by atoms with Gasteiger partial charge in [0, 0.05) is 11.3 Å². The first-order chi connectivity index (χ1) is 7.30. The van der Waals surface area contributed by atoms with Gasteiger partial charge in [0.05, 0.1) is 18.1 Å². The molecule has 2 heterocycles. The Labute approximate surface area is 95.2 Å². The molecule has 0 unspecified atom stereocenters. The van der Waals surface area contributed by atoms with Gasteiger partial charge in [0.15, 0.2) is 0 Å². The second-order valence-electron chi connectivity index (χ2n) is 3.82.